The molecule has 3 aromatic rings. The molecule has 0 fully saturated rings. The predicted molar refractivity (Wildman–Crippen MR) is 102 cm³/mol. The summed E-state index contributed by atoms with van der Waals surface area (Å²) in [5.74, 6) is 0.241. The van der Waals surface area contributed by atoms with Crippen LogP contribution in [0.1, 0.15) is 6.92 Å². The van der Waals surface area contributed by atoms with E-state index in [4.69, 9.17) is 16.3 Å². The van der Waals surface area contributed by atoms with Gasteiger partial charge in [-0.2, -0.15) is 0 Å². The van der Waals surface area contributed by atoms with E-state index in [-0.39, 0.29) is 5.91 Å². The summed E-state index contributed by atoms with van der Waals surface area (Å²) in [6, 6.07) is 19.0. The van der Waals surface area contributed by atoms with Crippen molar-refractivity contribution in [1.29, 1.82) is 0 Å². The van der Waals surface area contributed by atoms with Gasteiger partial charge in [0.15, 0.2) is 6.10 Å². The van der Waals surface area contributed by atoms with E-state index < -0.39 is 6.10 Å². The summed E-state index contributed by atoms with van der Waals surface area (Å²) in [6.45, 7) is 1.69. The average Bonchev–Trinajstić information content (AvgIpc) is 2.57. The molecule has 3 rings (SSSR count). The standard InChI is InChI=1S/C19H15BrClNO2/c1-12(24-18-10-9-14(20)11-16(18)21)19(23)22-17-8-4-6-13-5-2-3-7-15(13)17/h2-12H,1H3,(H,22,23)/t12-/m0/s1. The molecule has 3 aromatic carbocycles. The van der Waals surface area contributed by atoms with Crippen LogP contribution in [0.2, 0.25) is 5.02 Å². The van der Waals surface area contributed by atoms with Crippen LogP contribution in [0.4, 0.5) is 5.69 Å². The van der Waals surface area contributed by atoms with Crippen molar-refractivity contribution in [2.24, 2.45) is 0 Å². The van der Waals surface area contributed by atoms with Crippen LogP contribution in [0.25, 0.3) is 10.8 Å². The molecule has 0 saturated heterocycles. The molecule has 0 radical (unpaired) electrons. The van der Waals surface area contributed by atoms with Crippen LogP contribution in [0.15, 0.2) is 65.1 Å². The van der Waals surface area contributed by atoms with Gasteiger partial charge in [-0.3, -0.25) is 4.79 Å². The number of fused-ring (bicyclic) bond motifs is 1. The first-order valence-corrected chi connectivity index (χ1v) is 8.62. The highest BCUT2D eigenvalue weighted by molar-refractivity contribution is 9.10. The average molecular weight is 405 g/mol. The number of ether oxygens (including phenoxy) is 1. The molecule has 0 aliphatic carbocycles. The number of rotatable bonds is 4. The lowest BCUT2D eigenvalue weighted by atomic mass is 10.1. The molecule has 1 amide bonds. The number of amides is 1. The molecule has 0 aromatic heterocycles. The van der Waals surface area contributed by atoms with Crippen molar-refractivity contribution in [1.82, 2.24) is 0 Å². The van der Waals surface area contributed by atoms with E-state index in [0.717, 1.165) is 20.9 Å². The molecule has 24 heavy (non-hydrogen) atoms. The Labute approximate surface area is 153 Å². The molecular formula is C19H15BrClNO2. The topological polar surface area (TPSA) is 38.3 Å². The van der Waals surface area contributed by atoms with Crippen molar-refractivity contribution in [3.8, 4) is 5.75 Å². The van der Waals surface area contributed by atoms with Crippen LogP contribution < -0.4 is 10.1 Å². The number of halogens is 2. The first-order chi connectivity index (χ1) is 11.5. The summed E-state index contributed by atoms with van der Waals surface area (Å²) in [7, 11) is 0. The number of carbonyl (C=O) groups is 1. The van der Waals surface area contributed by atoms with Crippen LogP contribution in [0, 0.1) is 0 Å². The summed E-state index contributed by atoms with van der Waals surface area (Å²) >= 11 is 9.47. The van der Waals surface area contributed by atoms with Gasteiger partial charge >= 0.3 is 0 Å². The fraction of sp³-hybridized carbons (Fsp3) is 0.105. The zero-order chi connectivity index (χ0) is 17.1. The lowest BCUT2D eigenvalue weighted by Crippen LogP contribution is -2.30. The first-order valence-electron chi connectivity index (χ1n) is 7.45. The Morgan fingerprint density at radius 1 is 1.12 bits per heavy atom. The summed E-state index contributed by atoms with van der Waals surface area (Å²) in [5, 5.41) is 5.43. The van der Waals surface area contributed by atoms with E-state index in [0.29, 0.717) is 10.8 Å². The molecule has 1 atom stereocenters. The maximum atomic E-state index is 12.5. The van der Waals surface area contributed by atoms with Gasteiger partial charge in [0.2, 0.25) is 0 Å². The number of hydrogen-bond donors (Lipinski definition) is 1. The van der Waals surface area contributed by atoms with Crippen LogP contribution in [0.5, 0.6) is 5.75 Å². The minimum atomic E-state index is -0.678. The second-order valence-electron chi connectivity index (χ2n) is 5.35. The van der Waals surface area contributed by atoms with E-state index in [9.17, 15) is 4.79 Å². The van der Waals surface area contributed by atoms with Crippen LogP contribution in [0.3, 0.4) is 0 Å². The third kappa shape index (κ3) is 3.71. The van der Waals surface area contributed by atoms with Crippen LogP contribution in [-0.2, 0) is 4.79 Å². The van der Waals surface area contributed by atoms with Crippen molar-refractivity contribution in [2.45, 2.75) is 13.0 Å². The normalized spacial score (nSPS) is 12.0. The van der Waals surface area contributed by atoms with E-state index in [1.165, 1.54) is 0 Å². The predicted octanol–water partition coefficient (Wildman–Crippen LogP) is 5.66. The van der Waals surface area contributed by atoms with E-state index in [1.54, 1.807) is 19.1 Å². The largest absolute Gasteiger partial charge is 0.479 e. The lowest BCUT2D eigenvalue weighted by molar-refractivity contribution is -0.122. The molecule has 1 N–H and O–H groups in total. The third-order valence-electron chi connectivity index (χ3n) is 3.61. The Morgan fingerprint density at radius 2 is 1.88 bits per heavy atom. The van der Waals surface area contributed by atoms with Crippen molar-refractivity contribution in [3.05, 3.63) is 70.2 Å². The van der Waals surface area contributed by atoms with Crippen molar-refractivity contribution in [2.75, 3.05) is 5.32 Å². The summed E-state index contributed by atoms with van der Waals surface area (Å²) in [4.78, 5) is 12.5. The fourth-order valence-corrected chi connectivity index (χ4v) is 3.10. The first kappa shape index (κ1) is 16.8. The second kappa shape index (κ2) is 7.24. The maximum Gasteiger partial charge on any atom is 0.265 e. The number of benzene rings is 3. The van der Waals surface area contributed by atoms with Crippen molar-refractivity contribution >= 4 is 49.9 Å². The SMILES string of the molecule is C[C@H](Oc1ccc(Br)cc1Cl)C(=O)Nc1cccc2ccccc12. The zero-order valence-electron chi connectivity index (χ0n) is 12.9. The Balaban J connectivity index is 1.76. The minimum Gasteiger partial charge on any atom is -0.479 e. The molecule has 5 heteroatoms. The Kier molecular flexibility index (Phi) is 5.07. The fourth-order valence-electron chi connectivity index (χ4n) is 2.38. The highest BCUT2D eigenvalue weighted by Crippen LogP contribution is 2.29. The van der Waals surface area contributed by atoms with Crippen LogP contribution >= 0.6 is 27.5 Å². The second-order valence-corrected chi connectivity index (χ2v) is 6.67. The highest BCUT2D eigenvalue weighted by atomic mass is 79.9. The van der Waals surface area contributed by atoms with Gasteiger partial charge in [-0.1, -0.05) is 63.9 Å². The quantitative estimate of drug-likeness (QED) is 0.609. The molecule has 0 saturated carbocycles. The van der Waals surface area contributed by atoms with Gasteiger partial charge in [0, 0.05) is 15.5 Å². The van der Waals surface area contributed by atoms with Crippen molar-refractivity contribution in [3.63, 3.8) is 0 Å². The van der Waals surface area contributed by atoms with Gasteiger partial charge in [0.05, 0.1) is 5.02 Å². The monoisotopic (exact) mass is 403 g/mol. The summed E-state index contributed by atoms with van der Waals surface area (Å²) < 4.78 is 6.54. The van der Waals surface area contributed by atoms with Gasteiger partial charge < -0.3 is 10.1 Å². The lowest BCUT2D eigenvalue weighted by Gasteiger charge is -2.16. The molecule has 3 nitrogen and oxygen atoms in total. The number of carbonyl (C=O) groups excluding carboxylic acids is 1. The number of hydrogen-bond acceptors (Lipinski definition) is 2. The molecule has 0 bridgehead atoms. The Morgan fingerprint density at radius 3 is 2.67 bits per heavy atom. The molecule has 0 unspecified atom stereocenters. The third-order valence-corrected chi connectivity index (χ3v) is 4.40. The summed E-state index contributed by atoms with van der Waals surface area (Å²) in [5.41, 5.74) is 0.760. The molecule has 122 valence electrons. The van der Waals surface area contributed by atoms with Gasteiger partial charge in [-0.05, 0) is 36.6 Å². The summed E-state index contributed by atoms with van der Waals surface area (Å²) in [6.07, 6.45) is -0.678. The number of nitrogens with one attached hydrogen (secondary N) is 1. The molecule has 0 spiro atoms. The van der Waals surface area contributed by atoms with E-state index in [2.05, 4.69) is 21.2 Å². The maximum absolute atomic E-state index is 12.5. The Bertz CT molecular complexity index is 892. The molecule has 0 aliphatic heterocycles. The Hall–Kier alpha value is -2.04. The van der Waals surface area contributed by atoms with Crippen molar-refractivity contribution < 1.29 is 9.53 Å². The van der Waals surface area contributed by atoms with Gasteiger partial charge in [-0.25, -0.2) is 0 Å². The van der Waals surface area contributed by atoms with Gasteiger partial charge in [0.25, 0.3) is 5.91 Å². The molecule has 0 aliphatic rings. The molecular weight excluding hydrogens is 390 g/mol. The molecule has 0 heterocycles. The van der Waals surface area contributed by atoms with E-state index in [1.807, 2.05) is 48.5 Å². The zero-order valence-corrected chi connectivity index (χ0v) is 15.3. The smallest absolute Gasteiger partial charge is 0.265 e. The highest BCUT2D eigenvalue weighted by Gasteiger charge is 2.17. The number of anilines is 1. The van der Waals surface area contributed by atoms with Crippen LogP contribution in [-0.4, -0.2) is 12.0 Å². The minimum absolute atomic E-state index is 0.231. The van der Waals surface area contributed by atoms with E-state index >= 15 is 0 Å². The van der Waals surface area contributed by atoms with Gasteiger partial charge in [0.1, 0.15) is 5.75 Å². The van der Waals surface area contributed by atoms with Gasteiger partial charge in [-0.15, -0.1) is 0 Å².